The Morgan fingerprint density at radius 1 is 1.39 bits per heavy atom. The lowest BCUT2D eigenvalue weighted by Crippen LogP contribution is -2.38. The van der Waals surface area contributed by atoms with Gasteiger partial charge in [0.15, 0.2) is 0 Å². The summed E-state index contributed by atoms with van der Waals surface area (Å²) in [5.41, 5.74) is 1.26. The molecule has 2 fully saturated rings. The van der Waals surface area contributed by atoms with Crippen molar-refractivity contribution < 1.29 is 4.79 Å². The first-order valence-electron chi connectivity index (χ1n) is 9.22. The lowest BCUT2D eigenvalue weighted by molar-refractivity contribution is -0.134. The minimum Gasteiger partial charge on any atom is -0.341 e. The van der Waals surface area contributed by atoms with Gasteiger partial charge in [0.05, 0.1) is 0 Å². The SMILES string of the molecule is CCC[C@H](N[C@@H]1CCN(C(=O)C2CCCC2)C1)c1cccnc1. The number of nitrogens with zero attached hydrogens (tertiary/aromatic N) is 2. The van der Waals surface area contributed by atoms with Crippen LogP contribution < -0.4 is 5.32 Å². The highest BCUT2D eigenvalue weighted by atomic mass is 16.2. The van der Waals surface area contributed by atoms with E-state index >= 15 is 0 Å². The molecule has 4 nitrogen and oxygen atoms in total. The predicted molar refractivity (Wildman–Crippen MR) is 92.0 cm³/mol. The van der Waals surface area contributed by atoms with Gasteiger partial charge in [-0.05, 0) is 37.3 Å². The van der Waals surface area contributed by atoms with Crippen molar-refractivity contribution in [2.24, 2.45) is 5.92 Å². The van der Waals surface area contributed by atoms with Crippen molar-refractivity contribution in [2.45, 2.75) is 64.0 Å². The number of pyridine rings is 1. The molecule has 0 aromatic carbocycles. The Labute approximate surface area is 139 Å². The maximum atomic E-state index is 12.6. The molecule has 0 unspecified atom stereocenters. The molecule has 2 heterocycles. The summed E-state index contributed by atoms with van der Waals surface area (Å²) in [7, 11) is 0. The second kappa shape index (κ2) is 7.91. The molecule has 0 radical (unpaired) electrons. The molecule has 0 spiro atoms. The average molecular weight is 315 g/mol. The molecule has 2 aliphatic rings. The summed E-state index contributed by atoms with van der Waals surface area (Å²) in [4.78, 5) is 18.9. The van der Waals surface area contributed by atoms with Crippen LogP contribution >= 0.6 is 0 Å². The van der Waals surface area contributed by atoms with E-state index in [2.05, 4.69) is 28.2 Å². The summed E-state index contributed by atoms with van der Waals surface area (Å²) in [6.45, 7) is 4.00. The van der Waals surface area contributed by atoms with E-state index in [0.29, 0.717) is 23.9 Å². The van der Waals surface area contributed by atoms with Gasteiger partial charge >= 0.3 is 0 Å². The monoisotopic (exact) mass is 315 g/mol. The normalized spacial score (nSPS) is 23.3. The third kappa shape index (κ3) is 4.11. The molecule has 4 heteroatoms. The molecule has 1 saturated carbocycles. The van der Waals surface area contributed by atoms with Gasteiger partial charge in [-0.1, -0.05) is 32.3 Å². The molecule has 1 aliphatic carbocycles. The average Bonchev–Trinajstić information content (AvgIpc) is 3.27. The molecule has 1 aromatic heterocycles. The van der Waals surface area contributed by atoms with Crippen molar-refractivity contribution in [1.29, 1.82) is 0 Å². The first-order valence-corrected chi connectivity index (χ1v) is 9.22. The van der Waals surface area contributed by atoms with Gasteiger partial charge in [-0.3, -0.25) is 9.78 Å². The van der Waals surface area contributed by atoms with Crippen LogP contribution in [0.3, 0.4) is 0 Å². The molecule has 126 valence electrons. The van der Waals surface area contributed by atoms with E-state index in [9.17, 15) is 4.79 Å². The van der Waals surface area contributed by atoms with Gasteiger partial charge in [-0.2, -0.15) is 0 Å². The highest BCUT2D eigenvalue weighted by Gasteiger charge is 2.32. The first kappa shape index (κ1) is 16.4. The van der Waals surface area contributed by atoms with Gasteiger partial charge in [-0.15, -0.1) is 0 Å². The van der Waals surface area contributed by atoms with Crippen LogP contribution in [-0.4, -0.2) is 34.9 Å². The number of aromatic nitrogens is 1. The minimum absolute atomic E-state index is 0.304. The Bertz CT molecular complexity index is 499. The molecule has 1 N–H and O–H groups in total. The fraction of sp³-hybridized carbons (Fsp3) is 0.684. The number of hydrogen-bond donors (Lipinski definition) is 1. The van der Waals surface area contributed by atoms with Crippen LogP contribution in [0.25, 0.3) is 0 Å². The molecule has 2 atom stereocenters. The van der Waals surface area contributed by atoms with E-state index in [1.54, 1.807) is 0 Å². The van der Waals surface area contributed by atoms with Crippen molar-refractivity contribution in [1.82, 2.24) is 15.2 Å². The van der Waals surface area contributed by atoms with Crippen molar-refractivity contribution in [3.8, 4) is 0 Å². The van der Waals surface area contributed by atoms with Gasteiger partial charge in [-0.25, -0.2) is 0 Å². The van der Waals surface area contributed by atoms with Crippen LogP contribution in [-0.2, 0) is 4.79 Å². The van der Waals surface area contributed by atoms with Crippen LogP contribution in [0.15, 0.2) is 24.5 Å². The Morgan fingerprint density at radius 2 is 2.22 bits per heavy atom. The summed E-state index contributed by atoms with van der Waals surface area (Å²) >= 11 is 0. The number of carbonyl (C=O) groups excluding carboxylic acids is 1. The first-order chi connectivity index (χ1) is 11.3. The molecule has 1 amide bonds. The van der Waals surface area contributed by atoms with E-state index in [-0.39, 0.29) is 0 Å². The van der Waals surface area contributed by atoms with Crippen LogP contribution in [0.4, 0.5) is 0 Å². The summed E-state index contributed by atoms with van der Waals surface area (Å²) in [6, 6.07) is 4.92. The lowest BCUT2D eigenvalue weighted by Gasteiger charge is -2.24. The van der Waals surface area contributed by atoms with E-state index in [4.69, 9.17) is 0 Å². The van der Waals surface area contributed by atoms with Crippen molar-refractivity contribution >= 4 is 5.91 Å². The standard InChI is InChI=1S/C19H29N3O/c1-2-6-18(16-9-5-11-20-13-16)21-17-10-12-22(14-17)19(23)15-7-3-4-8-15/h5,9,11,13,15,17-18,21H,2-4,6-8,10,12,14H2,1H3/t17-,18+/m1/s1. The van der Waals surface area contributed by atoms with E-state index in [1.807, 2.05) is 18.5 Å². The molecule has 3 rings (SSSR count). The quantitative estimate of drug-likeness (QED) is 0.876. The van der Waals surface area contributed by atoms with Crippen molar-refractivity contribution in [3.05, 3.63) is 30.1 Å². The van der Waals surface area contributed by atoms with Crippen molar-refractivity contribution in [2.75, 3.05) is 13.1 Å². The predicted octanol–water partition coefficient (Wildman–Crippen LogP) is 3.30. The highest BCUT2D eigenvalue weighted by Crippen LogP contribution is 2.28. The smallest absolute Gasteiger partial charge is 0.225 e. The van der Waals surface area contributed by atoms with Gasteiger partial charge in [0.25, 0.3) is 0 Å². The number of rotatable bonds is 6. The fourth-order valence-corrected chi connectivity index (χ4v) is 4.03. The van der Waals surface area contributed by atoms with Crippen LogP contribution in [0.1, 0.15) is 63.5 Å². The second-order valence-electron chi connectivity index (χ2n) is 7.05. The fourth-order valence-electron chi connectivity index (χ4n) is 4.03. The summed E-state index contributed by atoms with van der Waals surface area (Å²) < 4.78 is 0. The number of carbonyl (C=O) groups is 1. The molecular formula is C19H29N3O. The van der Waals surface area contributed by atoms with Gasteiger partial charge in [0, 0.05) is 43.5 Å². The third-order valence-electron chi connectivity index (χ3n) is 5.31. The van der Waals surface area contributed by atoms with Gasteiger partial charge in [0.2, 0.25) is 5.91 Å². The largest absolute Gasteiger partial charge is 0.341 e. The maximum absolute atomic E-state index is 12.6. The summed E-state index contributed by atoms with van der Waals surface area (Å²) in [5.74, 6) is 0.707. The number of amides is 1. The molecule has 0 bridgehead atoms. The number of nitrogens with one attached hydrogen (secondary N) is 1. The molecule has 1 aromatic rings. The van der Waals surface area contributed by atoms with Gasteiger partial charge < -0.3 is 10.2 Å². The van der Waals surface area contributed by atoms with Crippen LogP contribution in [0.2, 0.25) is 0 Å². The van der Waals surface area contributed by atoms with E-state index in [0.717, 1.165) is 45.2 Å². The summed E-state index contributed by atoms with van der Waals surface area (Å²) in [6.07, 6.45) is 11.8. The zero-order valence-electron chi connectivity index (χ0n) is 14.2. The Morgan fingerprint density at radius 3 is 2.91 bits per heavy atom. The minimum atomic E-state index is 0.304. The summed E-state index contributed by atoms with van der Waals surface area (Å²) in [5, 5.41) is 3.77. The zero-order chi connectivity index (χ0) is 16.1. The highest BCUT2D eigenvalue weighted by molar-refractivity contribution is 5.79. The second-order valence-corrected chi connectivity index (χ2v) is 7.05. The molecule has 23 heavy (non-hydrogen) atoms. The van der Waals surface area contributed by atoms with E-state index in [1.165, 1.54) is 18.4 Å². The Hall–Kier alpha value is -1.42. The van der Waals surface area contributed by atoms with Gasteiger partial charge in [0.1, 0.15) is 0 Å². The Balaban J connectivity index is 1.56. The Kier molecular flexibility index (Phi) is 5.65. The third-order valence-corrected chi connectivity index (χ3v) is 5.31. The lowest BCUT2D eigenvalue weighted by atomic mass is 10.0. The topological polar surface area (TPSA) is 45.2 Å². The molecule has 1 aliphatic heterocycles. The zero-order valence-corrected chi connectivity index (χ0v) is 14.2. The van der Waals surface area contributed by atoms with Crippen LogP contribution in [0, 0.1) is 5.92 Å². The maximum Gasteiger partial charge on any atom is 0.225 e. The van der Waals surface area contributed by atoms with Crippen molar-refractivity contribution in [3.63, 3.8) is 0 Å². The molecular weight excluding hydrogens is 286 g/mol. The van der Waals surface area contributed by atoms with E-state index < -0.39 is 0 Å². The number of hydrogen-bond acceptors (Lipinski definition) is 3. The van der Waals surface area contributed by atoms with Crippen LogP contribution in [0.5, 0.6) is 0 Å². The number of likely N-dealkylation sites (tertiary alicyclic amines) is 1. The molecule has 1 saturated heterocycles.